The van der Waals surface area contributed by atoms with E-state index in [1.54, 1.807) is 7.11 Å². The number of nitrogens with zero attached hydrogens (tertiary/aromatic N) is 1. The summed E-state index contributed by atoms with van der Waals surface area (Å²) in [5, 5.41) is 19.1. The minimum atomic E-state index is -1.27. The summed E-state index contributed by atoms with van der Waals surface area (Å²) in [6.07, 6.45) is -0.738. The van der Waals surface area contributed by atoms with Crippen molar-refractivity contribution in [3.8, 4) is 0 Å². The van der Waals surface area contributed by atoms with Gasteiger partial charge in [0.2, 0.25) is 0 Å². The van der Waals surface area contributed by atoms with Crippen molar-refractivity contribution in [2.75, 3.05) is 13.7 Å². The van der Waals surface area contributed by atoms with Crippen LogP contribution in [0.25, 0.3) is 0 Å². The van der Waals surface area contributed by atoms with Crippen molar-refractivity contribution in [1.29, 1.82) is 0 Å². The fourth-order valence-corrected chi connectivity index (χ4v) is 2.40. The first-order valence-electron chi connectivity index (χ1n) is 4.86. The zero-order valence-corrected chi connectivity index (χ0v) is 8.09. The average molecular weight is 201 g/mol. The molecule has 2 rings (SSSR count). The van der Waals surface area contributed by atoms with Gasteiger partial charge in [-0.05, 0) is 12.8 Å². The van der Waals surface area contributed by atoms with Crippen LogP contribution in [0.4, 0.5) is 0 Å². The van der Waals surface area contributed by atoms with E-state index in [4.69, 9.17) is 4.74 Å². The molecule has 0 aromatic heterocycles. The number of fused-ring (bicyclic) bond motifs is 1. The number of aliphatic hydroxyl groups excluding tert-OH is 2. The highest BCUT2D eigenvalue weighted by Gasteiger charge is 2.51. The fraction of sp³-hybridized carbons (Fsp3) is 0.889. The van der Waals surface area contributed by atoms with E-state index in [-0.39, 0.29) is 18.1 Å². The van der Waals surface area contributed by atoms with Gasteiger partial charge in [-0.2, -0.15) is 0 Å². The largest absolute Gasteiger partial charge is 0.388 e. The van der Waals surface area contributed by atoms with Crippen molar-refractivity contribution in [3.05, 3.63) is 0 Å². The molecule has 14 heavy (non-hydrogen) atoms. The monoisotopic (exact) mass is 201 g/mol. The lowest BCUT2D eigenvalue weighted by Gasteiger charge is -2.36. The van der Waals surface area contributed by atoms with Gasteiger partial charge < -0.3 is 19.8 Å². The highest BCUT2D eigenvalue weighted by Crippen LogP contribution is 2.30. The maximum atomic E-state index is 11.5. The van der Waals surface area contributed by atoms with E-state index in [1.165, 1.54) is 4.90 Å². The second kappa shape index (κ2) is 3.49. The van der Waals surface area contributed by atoms with Crippen LogP contribution in [0.2, 0.25) is 0 Å². The number of hydrogen-bond donors (Lipinski definition) is 2. The third-order valence-corrected chi connectivity index (χ3v) is 3.14. The lowest BCUT2D eigenvalue weighted by molar-refractivity contribution is -0.138. The van der Waals surface area contributed by atoms with Crippen LogP contribution in [-0.2, 0) is 9.53 Å². The second-order valence-electron chi connectivity index (χ2n) is 3.87. The van der Waals surface area contributed by atoms with Gasteiger partial charge in [-0.15, -0.1) is 0 Å². The molecule has 80 valence electrons. The number of hydrogen-bond acceptors (Lipinski definition) is 4. The molecule has 0 spiro atoms. The second-order valence-corrected chi connectivity index (χ2v) is 3.87. The Bertz CT molecular complexity index is 245. The molecule has 0 aromatic rings. The van der Waals surface area contributed by atoms with Crippen LogP contribution in [0, 0.1) is 0 Å². The molecule has 0 aliphatic carbocycles. The van der Waals surface area contributed by atoms with Crippen molar-refractivity contribution in [3.63, 3.8) is 0 Å². The number of methoxy groups -OCH3 is 1. The number of aliphatic hydroxyl groups is 2. The standard InChI is InChI=1S/C9H15NO4/c1-14-5-3-2-4-10-6(5)7(11)8(12)9(10)13/h5-8,11-12H,2-4H2,1H3/t5-,6+,7+,8-/m1/s1. The SMILES string of the molecule is CO[C@@H]1CCCN2C(=O)[C@H](O)[C@@H](O)[C@H]12. The van der Waals surface area contributed by atoms with Gasteiger partial charge in [0.05, 0.1) is 12.1 Å². The number of amides is 1. The molecule has 0 aromatic carbocycles. The van der Waals surface area contributed by atoms with Gasteiger partial charge in [0, 0.05) is 13.7 Å². The minimum absolute atomic E-state index is 0.153. The van der Waals surface area contributed by atoms with E-state index in [1.807, 2.05) is 0 Å². The lowest BCUT2D eigenvalue weighted by Crippen LogP contribution is -2.50. The maximum Gasteiger partial charge on any atom is 0.254 e. The Balaban J connectivity index is 2.22. The third-order valence-electron chi connectivity index (χ3n) is 3.14. The quantitative estimate of drug-likeness (QED) is 0.555. The van der Waals surface area contributed by atoms with E-state index in [0.717, 1.165) is 12.8 Å². The Labute approximate surface area is 82.3 Å². The number of piperidine rings is 1. The van der Waals surface area contributed by atoms with Gasteiger partial charge in [-0.1, -0.05) is 0 Å². The van der Waals surface area contributed by atoms with Crippen LogP contribution in [-0.4, -0.2) is 59.0 Å². The Hall–Kier alpha value is -0.650. The topological polar surface area (TPSA) is 70.0 Å². The molecule has 2 aliphatic rings. The van der Waals surface area contributed by atoms with Gasteiger partial charge in [0.15, 0.2) is 6.10 Å². The summed E-state index contributed by atoms with van der Waals surface area (Å²) < 4.78 is 5.21. The normalized spacial score (nSPS) is 42.8. The number of ether oxygens (including phenoxy) is 1. The van der Waals surface area contributed by atoms with Crippen molar-refractivity contribution in [1.82, 2.24) is 4.90 Å². The fourth-order valence-electron chi connectivity index (χ4n) is 2.40. The van der Waals surface area contributed by atoms with E-state index in [2.05, 4.69) is 0 Å². The van der Waals surface area contributed by atoms with Crippen LogP contribution < -0.4 is 0 Å². The van der Waals surface area contributed by atoms with Crippen molar-refractivity contribution in [2.45, 2.75) is 37.2 Å². The molecular weight excluding hydrogens is 186 g/mol. The minimum Gasteiger partial charge on any atom is -0.388 e. The van der Waals surface area contributed by atoms with Gasteiger partial charge in [0.25, 0.3) is 5.91 Å². The van der Waals surface area contributed by atoms with Gasteiger partial charge >= 0.3 is 0 Å². The highest BCUT2D eigenvalue weighted by molar-refractivity contribution is 5.84. The third kappa shape index (κ3) is 1.24. The van der Waals surface area contributed by atoms with Gasteiger partial charge in [-0.3, -0.25) is 4.79 Å². The van der Waals surface area contributed by atoms with E-state index in [0.29, 0.717) is 6.54 Å². The first-order valence-corrected chi connectivity index (χ1v) is 4.86. The molecule has 2 heterocycles. The van der Waals surface area contributed by atoms with Crippen LogP contribution in [0.1, 0.15) is 12.8 Å². The van der Waals surface area contributed by atoms with Crippen LogP contribution in [0.3, 0.4) is 0 Å². The Kier molecular flexibility index (Phi) is 2.47. The Morgan fingerprint density at radius 1 is 1.50 bits per heavy atom. The first-order chi connectivity index (χ1) is 6.66. The summed E-state index contributed by atoms with van der Waals surface area (Å²) in [5.74, 6) is -0.371. The predicted octanol–water partition coefficient (Wildman–Crippen LogP) is -1.27. The number of carbonyl (C=O) groups excluding carboxylic acids is 1. The zero-order chi connectivity index (χ0) is 10.3. The molecule has 2 aliphatic heterocycles. The summed E-state index contributed by atoms with van der Waals surface area (Å²) in [7, 11) is 1.57. The molecule has 1 amide bonds. The molecule has 2 fully saturated rings. The first kappa shape index (κ1) is 9.89. The lowest BCUT2D eigenvalue weighted by atomic mass is 9.97. The van der Waals surface area contributed by atoms with Crippen molar-refractivity contribution in [2.24, 2.45) is 0 Å². The van der Waals surface area contributed by atoms with Crippen LogP contribution >= 0.6 is 0 Å². The van der Waals surface area contributed by atoms with E-state index in [9.17, 15) is 15.0 Å². The number of carbonyl (C=O) groups is 1. The molecule has 4 atom stereocenters. The summed E-state index contributed by atoms with van der Waals surface area (Å²) in [5.41, 5.74) is 0. The molecule has 2 N–H and O–H groups in total. The van der Waals surface area contributed by atoms with Gasteiger partial charge in [0.1, 0.15) is 6.10 Å². The summed E-state index contributed by atoms with van der Waals surface area (Å²) in [6, 6.07) is -0.365. The summed E-state index contributed by atoms with van der Waals surface area (Å²) in [4.78, 5) is 13.0. The maximum absolute atomic E-state index is 11.5. The van der Waals surface area contributed by atoms with E-state index >= 15 is 0 Å². The highest BCUT2D eigenvalue weighted by atomic mass is 16.5. The number of rotatable bonds is 1. The molecule has 0 saturated carbocycles. The Morgan fingerprint density at radius 2 is 2.21 bits per heavy atom. The molecule has 0 radical (unpaired) electrons. The van der Waals surface area contributed by atoms with Gasteiger partial charge in [-0.25, -0.2) is 0 Å². The smallest absolute Gasteiger partial charge is 0.254 e. The Morgan fingerprint density at radius 3 is 2.86 bits per heavy atom. The van der Waals surface area contributed by atoms with E-state index < -0.39 is 12.2 Å². The van der Waals surface area contributed by atoms with Crippen molar-refractivity contribution < 1.29 is 19.7 Å². The molecule has 0 unspecified atom stereocenters. The molecule has 5 heteroatoms. The molecule has 0 bridgehead atoms. The van der Waals surface area contributed by atoms with Crippen LogP contribution in [0.15, 0.2) is 0 Å². The summed E-state index contributed by atoms with van der Waals surface area (Å²) in [6.45, 7) is 0.609. The van der Waals surface area contributed by atoms with Crippen LogP contribution in [0.5, 0.6) is 0 Å². The zero-order valence-electron chi connectivity index (χ0n) is 8.09. The summed E-state index contributed by atoms with van der Waals surface area (Å²) >= 11 is 0. The predicted molar refractivity (Wildman–Crippen MR) is 47.5 cm³/mol. The molecular formula is C9H15NO4. The van der Waals surface area contributed by atoms with Crippen molar-refractivity contribution >= 4 is 5.91 Å². The molecule has 2 saturated heterocycles. The average Bonchev–Trinajstić information content (AvgIpc) is 2.44. The molecule has 5 nitrogen and oxygen atoms in total.